The second-order valence-corrected chi connectivity index (χ2v) is 2.53. The molecule has 4 heteroatoms. The van der Waals surface area contributed by atoms with Gasteiger partial charge in [0.15, 0.2) is 0 Å². The van der Waals surface area contributed by atoms with Gasteiger partial charge in [0, 0.05) is 6.61 Å². The van der Waals surface area contributed by atoms with Crippen molar-refractivity contribution in [2.24, 2.45) is 0 Å². The highest BCUT2D eigenvalue weighted by molar-refractivity contribution is 5.70. The van der Waals surface area contributed by atoms with Crippen LogP contribution in [0.3, 0.4) is 0 Å². The minimum Gasteiger partial charge on any atom is -0.464 e. The molecule has 0 aliphatic carbocycles. The van der Waals surface area contributed by atoms with Crippen LogP contribution in [-0.2, 0) is 19.0 Å². The summed E-state index contributed by atoms with van der Waals surface area (Å²) >= 11 is 0. The second-order valence-electron chi connectivity index (χ2n) is 2.53. The molecular weight excluding hydrogens is 172 g/mol. The molecule has 78 valence electrons. The first-order chi connectivity index (χ1) is 6.31. The lowest BCUT2D eigenvalue weighted by Gasteiger charge is -2.04. The number of carbonyl (C=O) groups is 1. The van der Waals surface area contributed by atoms with Crippen molar-refractivity contribution in [2.45, 2.75) is 26.7 Å². The maximum atomic E-state index is 10.7. The fourth-order valence-electron chi connectivity index (χ4n) is 0.692. The Kier molecular flexibility index (Phi) is 9.03. The molecule has 0 saturated heterocycles. The van der Waals surface area contributed by atoms with E-state index in [0.29, 0.717) is 13.2 Å². The molecule has 4 nitrogen and oxygen atoms in total. The van der Waals surface area contributed by atoms with E-state index in [-0.39, 0.29) is 19.4 Å². The maximum Gasteiger partial charge on any atom is 0.332 e. The molecule has 13 heavy (non-hydrogen) atoms. The van der Waals surface area contributed by atoms with E-state index in [4.69, 9.17) is 9.47 Å². The van der Waals surface area contributed by atoms with Crippen molar-refractivity contribution < 1.29 is 19.0 Å². The molecule has 0 fully saturated rings. The van der Waals surface area contributed by atoms with E-state index in [9.17, 15) is 4.79 Å². The van der Waals surface area contributed by atoms with Gasteiger partial charge in [0.25, 0.3) is 0 Å². The summed E-state index contributed by atoms with van der Waals surface area (Å²) in [4.78, 5) is 10.7. The molecule has 0 amide bonds. The SMILES string of the molecule is CCCCOCOCC(=O)OCC. The number of hydrogen-bond acceptors (Lipinski definition) is 4. The molecule has 0 heterocycles. The third kappa shape index (κ3) is 9.30. The number of hydrogen-bond donors (Lipinski definition) is 0. The van der Waals surface area contributed by atoms with Crippen LogP contribution in [0, 0.1) is 0 Å². The van der Waals surface area contributed by atoms with Gasteiger partial charge in [0.2, 0.25) is 0 Å². The monoisotopic (exact) mass is 190 g/mol. The highest BCUT2D eigenvalue weighted by Crippen LogP contribution is 1.88. The Morgan fingerprint density at radius 2 is 2.00 bits per heavy atom. The van der Waals surface area contributed by atoms with E-state index < -0.39 is 0 Å². The Balaban J connectivity index is 3.02. The first kappa shape index (κ1) is 12.4. The van der Waals surface area contributed by atoms with Crippen LogP contribution in [0.15, 0.2) is 0 Å². The van der Waals surface area contributed by atoms with Gasteiger partial charge in [-0.05, 0) is 13.3 Å². The van der Waals surface area contributed by atoms with E-state index >= 15 is 0 Å². The summed E-state index contributed by atoms with van der Waals surface area (Å²) in [5.74, 6) is -0.346. The van der Waals surface area contributed by atoms with Crippen LogP contribution < -0.4 is 0 Å². The smallest absolute Gasteiger partial charge is 0.332 e. The lowest BCUT2D eigenvalue weighted by Crippen LogP contribution is -2.14. The minimum absolute atomic E-state index is 0.0278. The second kappa shape index (κ2) is 9.48. The van der Waals surface area contributed by atoms with Gasteiger partial charge in [-0.2, -0.15) is 0 Å². The first-order valence-corrected chi connectivity index (χ1v) is 4.62. The minimum atomic E-state index is -0.346. The zero-order chi connectivity index (χ0) is 9.94. The zero-order valence-electron chi connectivity index (χ0n) is 8.38. The third-order valence-corrected chi connectivity index (χ3v) is 1.33. The van der Waals surface area contributed by atoms with Crippen molar-refractivity contribution >= 4 is 5.97 Å². The number of ether oxygens (including phenoxy) is 3. The van der Waals surface area contributed by atoms with E-state index in [1.807, 2.05) is 0 Å². The van der Waals surface area contributed by atoms with Crippen LogP contribution in [-0.4, -0.2) is 32.6 Å². The van der Waals surface area contributed by atoms with Crippen molar-refractivity contribution in [1.82, 2.24) is 0 Å². The summed E-state index contributed by atoms with van der Waals surface area (Å²) in [5.41, 5.74) is 0. The van der Waals surface area contributed by atoms with Gasteiger partial charge < -0.3 is 14.2 Å². The summed E-state index contributed by atoms with van der Waals surface area (Å²) < 4.78 is 14.6. The van der Waals surface area contributed by atoms with Gasteiger partial charge in [-0.15, -0.1) is 0 Å². The van der Waals surface area contributed by atoms with Crippen LogP contribution in [0.25, 0.3) is 0 Å². The largest absolute Gasteiger partial charge is 0.464 e. The summed E-state index contributed by atoms with van der Waals surface area (Å²) in [6.45, 7) is 5.05. The normalized spacial score (nSPS) is 10.0. The topological polar surface area (TPSA) is 44.8 Å². The van der Waals surface area contributed by atoms with E-state index in [1.165, 1.54) is 0 Å². The Labute approximate surface area is 79.2 Å². The number of unbranched alkanes of at least 4 members (excludes halogenated alkanes) is 1. The third-order valence-electron chi connectivity index (χ3n) is 1.33. The van der Waals surface area contributed by atoms with Gasteiger partial charge in [0.05, 0.1) is 6.61 Å². The molecule has 0 atom stereocenters. The molecule has 0 bridgehead atoms. The molecular formula is C9H18O4. The molecule has 0 aliphatic heterocycles. The molecule has 0 spiro atoms. The van der Waals surface area contributed by atoms with Crippen molar-refractivity contribution in [3.05, 3.63) is 0 Å². The van der Waals surface area contributed by atoms with E-state index in [1.54, 1.807) is 6.92 Å². The standard InChI is InChI=1S/C9H18O4/c1-3-5-6-11-8-12-7-9(10)13-4-2/h3-8H2,1-2H3. The number of rotatable bonds is 8. The number of carbonyl (C=O) groups excluding carboxylic acids is 1. The summed E-state index contributed by atoms with van der Waals surface area (Å²) in [6.07, 6.45) is 2.11. The molecule has 0 aromatic carbocycles. The first-order valence-electron chi connectivity index (χ1n) is 4.62. The molecule has 0 aromatic heterocycles. The summed E-state index contributed by atoms with van der Waals surface area (Å²) in [7, 11) is 0. The number of esters is 1. The Morgan fingerprint density at radius 3 is 2.62 bits per heavy atom. The highest BCUT2D eigenvalue weighted by atomic mass is 16.7. The van der Waals surface area contributed by atoms with Crippen LogP contribution in [0.4, 0.5) is 0 Å². The molecule has 0 aliphatic rings. The molecule has 0 N–H and O–H groups in total. The van der Waals surface area contributed by atoms with Gasteiger partial charge in [-0.1, -0.05) is 13.3 Å². The predicted octanol–water partition coefficient (Wildman–Crippen LogP) is 1.34. The predicted molar refractivity (Wildman–Crippen MR) is 48.3 cm³/mol. The van der Waals surface area contributed by atoms with Gasteiger partial charge in [-0.25, -0.2) is 4.79 Å². The van der Waals surface area contributed by atoms with Crippen molar-refractivity contribution in [2.75, 3.05) is 26.6 Å². The van der Waals surface area contributed by atoms with E-state index in [0.717, 1.165) is 12.8 Å². The van der Waals surface area contributed by atoms with Crippen LogP contribution in [0.5, 0.6) is 0 Å². The molecule has 0 rings (SSSR count). The lowest BCUT2D eigenvalue weighted by atomic mass is 10.4. The van der Waals surface area contributed by atoms with E-state index in [2.05, 4.69) is 11.7 Å². The van der Waals surface area contributed by atoms with Crippen molar-refractivity contribution in [3.63, 3.8) is 0 Å². The average molecular weight is 190 g/mol. The zero-order valence-corrected chi connectivity index (χ0v) is 8.38. The Hall–Kier alpha value is -0.610. The van der Waals surface area contributed by atoms with Crippen LogP contribution in [0.2, 0.25) is 0 Å². The van der Waals surface area contributed by atoms with Gasteiger partial charge in [-0.3, -0.25) is 0 Å². The van der Waals surface area contributed by atoms with Crippen LogP contribution >= 0.6 is 0 Å². The quantitative estimate of drug-likeness (QED) is 0.329. The fourth-order valence-corrected chi connectivity index (χ4v) is 0.692. The van der Waals surface area contributed by atoms with Gasteiger partial charge in [0.1, 0.15) is 13.4 Å². The average Bonchev–Trinajstić information content (AvgIpc) is 2.11. The fraction of sp³-hybridized carbons (Fsp3) is 0.889. The molecule has 0 saturated carbocycles. The molecule has 0 radical (unpaired) electrons. The Morgan fingerprint density at radius 1 is 1.23 bits per heavy atom. The van der Waals surface area contributed by atoms with Crippen molar-refractivity contribution in [1.29, 1.82) is 0 Å². The maximum absolute atomic E-state index is 10.7. The van der Waals surface area contributed by atoms with Gasteiger partial charge >= 0.3 is 5.97 Å². The van der Waals surface area contributed by atoms with Crippen LogP contribution in [0.1, 0.15) is 26.7 Å². The summed E-state index contributed by atoms with van der Waals surface area (Å²) in [5, 5.41) is 0. The molecule has 0 aromatic rings. The summed E-state index contributed by atoms with van der Waals surface area (Å²) in [6, 6.07) is 0. The lowest BCUT2D eigenvalue weighted by molar-refractivity contribution is -0.154. The molecule has 0 unspecified atom stereocenters. The Bertz CT molecular complexity index is 125. The van der Waals surface area contributed by atoms with Crippen molar-refractivity contribution in [3.8, 4) is 0 Å². The highest BCUT2D eigenvalue weighted by Gasteiger charge is 1.99.